The minimum Gasteiger partial charge on any atom is -0.342 e. The molecule has 1 amide bonds. The predicted molar refractivity (Wildman–Crippen MR) is 94.5 cm³/mol. The van der Waals surface area contributed by atoms with Crippen LogP contribution in [0.2, 0.25) is 0 Å². The van der Waals surface area contributed by atoms with Crippen LogP contribution in [0.15, 0.2) is 42.6 Å². The molecule has 0 saturated carbocycles. The molecule has 0 fully saturated rings. The molecular weight excluding hydrogens is 414 g/mol. The van der Waals surface area contributed by atoms with Crippen LogP contribution in [0.4, 0.5) is 26.3 Å². The molecule has 0 aliphatic heterocycles. The van der Waals surface area contributed by atoms with Gasteiger partial charge in [0.25, 0.3) is 5.91 Å². The van der Waals surface area contributed by atoms with Crippen molar-refractivity contribution in [2.45, 2.75) is 32.2 Å². The Balaban J connectivity index is 2.02. The van der Waals surface area contributed by atoms with Crippen molar-refractivity contribution >= 4 is 11.6 Å². The summed E-state index contributed by atoms with van der Waals surface area (Å²) >= 11 is 0. The molecule has 0 radical (unpaired) electrons. The van der Waals surface area contributed by atoms with E-state index in [1.54, 1.807) is 13.8 Å². The number of pyridine rings is 1. The van der Waals surface area contributed by atoms with E-state index in [0.29, 0.717) is 0 Å². The van der Waals surface area contributed by atoms with Gasteiger partial charge in [-0.1, -0.05) is 26.0 Å². The molecule has 30 heavy (non-hydrogen) atoms. The number of carbonyl (C=O) groups excluding carboxylic acids is 1. The first-order valence-electron chi connectivity index (χ1n) is 8.79. The molecule has 1 aromatic carbocycles. The highest BCUT2D eigenvalue weighted by Crippen LogP contribution is 2.34. The molecular formula is C19H16F6N4O. The Labute approximate surface area is 166 Å². The van der Waals surface area contributed by atoms with Gasteiger partial charge >= 0.3 is 12.4 Å². The summed E-state index contributed by atoms with van der Waals surface area (Å²) in [6.07, 6.45) is -8.12. The number of aromatic nitrogens is 3. The predicted octanol–water partition coefficient (Wildman–Crippen LogP) is 4.89. The molecule has 1 N–H and O–H groups in total. The SMILES string of the molecule is CC(C)[C@H](NC(=O)c1ccccc1C(F)(F)F)c1nnc2c(C(F)(F)F)cccn12. The first-order chi connectivity index (χ1) is 13.9. The zero-order chi connectivity index (χ0) is 22.3. The first kappa shape index (κ1) is 21.6. The van der Waals surface area contributed by atoms with E-state index >= 15 is 0 Å². The minimum atomic E-state index is -4.75. The van der Waals surface area contributed by atoms with Crippen molar-refractivity contribution in [2.24, 2.45) is 5.92 Å². The lowest BCUT2D eigenvalue weighted by atomic mass is 10.0. The summed E-state index contributed by atoms with van der Waals surface area (Å²) in [6.45, 7) is 3.30. The van der Waals surface area contributed by atoms with Crippen LogP contribution in [0, 0.1) is 5.92 Å². The monoisotopic (exact) mass is 430 g/mol. The summed E-state index contributed by atoms with van der Waals surface area (Å²) in [5.74, 6) is -1.46. The van der Waals surface area contributed by atoms with Gasteiger partial charge in [0.15, 0.2) is 11.5 Å². The van der Waals surface area contributed by atoms with Gasteiger partial charge in [-0.3, -0.25) is 9.20 Å². The lowest BCUT2D eigenvalue weighted by Crippen LogP contribution is -2.34. The third kappa shape index (κ3) is 4.10. The number of halogens is 6. The van der Waals surface area contributed by atoms with Crippen LogP contribution in [0.1, 0.15) is 47.2 Å². The second-order valence-corrected chi connectivity index (χ2v) is 6.91. The highest BCUT2D eigenvalue weighted by molar-refractivity contribution is 5.96. The molecule has 2 heterocycles. The molecule has 5 nitrogen and oxygen atoms in total. The first-order valence-corrected chi connectivity index (χ1v) is 8.79. The molecule has 1 atom stereocenters. The fraction of sp³-hybridized carbons (Fsp3) is 0.316. The molecule has 0 bridgehead atoms. The van der Waals surface area contributed by atoms with E-state index in [2.05, 4.69) is 15.5 Å². The van der Waals surface area contributed by atoms with Crippen molar-refractivity contribution in [3.8, 4) is 0 Å². The summed E-state index contributed by atoms with van der Waals surface area (Å²) in [6, 6.07) is 5.26. The lowest BCUT2D eigenvalue weighted by Gasteiger charge is -2.22. The lowest BCUT2D eigenvalue weighted by molar-refractivity contribution is -0.138. The van der Waals surface area contributed by atoms with Crippen molar-refractivity contribution in [3.63, 3.8) is 0 Å². The molecule has 160 valence electrons. The summed E-state index contributed by atoms with van der Waals surface area (Å²) < 4.78 is 80.4. The molecule has 0 unspecified atom stereocenters. The number of hydrogen-bond acceptors (Lipinski definition) is 3. The van der Waals surface area contributed by atoms with Crippen LogP contribution in [-0.4, -0.2) is 20.5 Å². The van der Waals surface area contributed by atoms with E-state index in [4.69, 9.17) is 0 Å². The molecule has 2 aromatic heterocycles. The van der Waals surface area contributed by atoms with Crippen LogP contribution in [0.25, 0.3) is 5.65 Å². The number of fused-ring (bicyclic) bond motifs is 1. The standard InChI is InChI=1S/C19H16F6N4O/c1-10(2)14(26-17(30)11-6-3-4-7-12(11)18(20,21)22)16-28-27-15-13(19(23,24)25)8-5-9-29(15)16/h3-10,14H,1-2H3,(H,26,30)/t14-/m0/s1. The Bertz CT molecular complexity index is 1070. The number of benzene rings is 1. The molecule has 0 spiro atoms. The summed E-state index contributed by atoms with van der Waals surface area (Å²) in [4.78, 5) is 12.6. The van der Waals surface area contributed by atoms with Gasteiger partial charge in [-0.25, -0.2) is 0 Å². The van der Waals surface area contributed by atoms with Gasteiger partial charge in [0, 0.05) is 6.20 Å². The number of carbonyl (C=O) groups is 1. The van der Waals surface area contributed by atoms with Gasteiger partial charge in [0.2, 0.25) is 0 Å². The maximum atomic E-state index is 13.2. The van der Waals surface area contributed by atoms with Gasteiger partial charge in [0.05, 0.1) is 17.2 Å². The third-order valence-electron chi connectivity index (χ3n) is 4.48. The maximum absolute atomic E-state index is 13.2. The fourth-order valence-electron chi connectivity index (χ4n) is 3.04. The largest absolute Gasteiger partial charge is 0.420 e. The summed E-state index contributed by atoms with van der Waals surface area (Å²) in [5, 5.41) is 9.83. The zero-order valence-electron chi connectivity index (χ0n) is 15.7. The topological polar surface area (TPSA) is 59.3 Å². The minimum absolute atomic E-state index is 0.0241. The van der Waals surface area contributed by atoms with Crippen molar-refractivity contribution in [3.05, 3.63) is 65.1 Å². The highest BCUT2D eigenvalue weighted by atomic mass is 19.4. The smallest absolute Gasteiger partial charge is 0.342 e. The van der Waals surface area contributed by atoms with Crippen LogP contribution in [0.3, 0.4) is 0 Å². The number of rotatable bonds is 4. The molecule has 0 saturated heterocycles. The Kier molecular flexibility index (Phi) is 5.48. The number of alkyl halides is 6. The Morgan fingerprint density at radius 2 is 1.53 bits per heavy atom. The second-order valence-electron chi connectivity index (χ2n) is 6.91. The van der Waals surface area contributed by atoms with E-state index in [1.165, 1.54) is 12.3 Å². The van der Waals surface area contributed by atoms with E-state index in [9.17, 15) is 31.1 Å². The van der Waals surface area contributed by atoms with Crippen LogP contribution >= 0.6 is 0 Å². The van der Waals surface area contributed by atoms with E-state index < -0.39 is 52.6 Å². The van der Waals surface area contributed by atoms with Gasteiger partial charge < -0.3 is 5.32 Å². The number of nitrogens with zero attached hydrogens (tertiary/aromatic N) is 3. The Hall–Kier alpha value is -3.11. The molecule has 0 aliphatic rings. The van der Waals surface area contributed by atoms with Crippen LogP contribution in [-0.2, 0) is 12.4 Å². The fourth-order valence-corrected chi connectivity index (χ4v) is 3.04. The molecule has 0 aliphatic carbocycles. The van der Waals surface area contributed by atoms with E-state index in [1.807, 2.05) is 0 Å². The highest BCUT2D eigenvalue weighted by Gasteiger charge is 2.37. The van der Waals surface area contributed by atoms with Gasteiger partial charge in [-0.05, 0) is 30.2 Å². The van der Waals surface area contributed by atoms with Crippen molar-refractivity contribution < 1.29 is 31.1 Å². The van der Waals surface area contributed by atoms with Crippen molar-refractivity contribution in [1.29, 1.82) is 0 Å². The van der Waals surface area contributed by atoms with E-state index in [-0.39, 0.29) is 5.82 Å². The molecule has 3 aromatic rings. The van der Waals surface area contributed by atoms with Gasteiger partial charge in [-0.2, -0.15) is 26.3 Å². The second kappa shape index (κ2) is 7.62. The Morgan fingerprint density at radius 3 is 2.13 bits per heavy atom. The summed E-state index contributed by atoms with van der Waals surface area (Å²) in [5.41, 5.74) is -3.19. The normalized spacial score (nSPS) is 13.6. The van der Waals surface area contributed by atoms with Gasteiger partial charge in [0.1, 0.15) is 5.56 Å². The average molecular weight is 430 g/mol. The van der Waals surface area contributed by atoms with Crippen LogP contribution in [0.5, 0.6) is 0 Å². The molecule has 3 rings (SSSR count). The Morgan fingerprint density at radius 1 is 0.933 bits per heavy atom. The number of amides is 1. The third-order valence-corrected chi connectivity index (χ3v) is 4.48. The van der Waals surface area contributed by atoms with E-state index in [0.717, 1.165) is 34.7 Å². The maximum Gasteiger partial charge on any atom is 0.420 e. The zero-order valence-corrected chi connectivity index (χ0v) is 15.7. The van der Waals surface area contributed by atoms with Crippen molar-refractivity contribution in [2.75, 3.05) is 0 Å². The van der Waals surface area contributed by atoms with Crippen LogP contribution < -0.4 is 5.32 Å². The van der Waals surface area contributed by atoms with Crippen molar-refractivity contribution in [1.82, 2.24) is 19.9 Å². The number of hydrogen-bond donors (Lipinski definition) is 1. The number of nitrogens with one attached hydrogen (secondary N) is 1. The average Bonchev–Trinajstić information content (AvgIpc) is 3.08. The summed E-state index contributed by atoms with van der Waals surface area (Å²) in [7, 11) is 0. The molecule has 11 heteroatoms. The van der Waals surface area contributed by atoms with Gasteiger partial charge in [-0.15, -0.1) is 10.2 Å². The quantitative estimate of drug-likeness (QED) is 0.600.